The highest BCUT2D eigenvalue weighted by molar-refractivity contribution is 8.18. The summed E-state index contributed by atoms with van der Waals surface area (Å²) in [6, 6.07) is 21.0. The van der Waals surface area contributed by atoms with Gasteiger partial charge in [-0.15, -0.1) is 0 Å². The lowest BCUT2D eigenvalue weighted by Crippen LogP contribution is -2.73. The van der Waals surface area contributed by atoms with Crippen molar-refractivity contribution >= 4 is 52.3 Å². The lowest BCUT2D eigenvalue weighted by atomic mass is 9.72. The molecule has 0 radical (unpaired) electrons. The molecule has 9 nitrogen and oxygen atoms in total. The van der Waals surface area contributed by atoms with Crippen molar-refractivity contribution in [2.75, 3.05) is 43.0 Å². The quantitative estimate of drug-likeness (QED) is 0.519. The normalized spacial score (nSPS) is 19.0. The zero-order chi connectivity index (χ0) is 25.6. The van der Waals surface area contributed by atoms with Crippen molar-refractivity contribution in [2.24, 2.45) is 5.41 Å². The molecule has 1 spiro atoms. The van der Waals surface area contributed by atoms with E-state index in [9.17, 15) is 14.4 Å². The molecule has 1 aromatic heterocycles. The van der Waals surface area contributed by atoms with Gasteiger partial charge in [-0.25, -0.2) is 4.98 Å². The summed E-state index contributed by atoms with van der Waals surface area (Å²) in [4.78, 5) is 52.3. The van der Waals surface area contributed by atoms with Crippen LogP contribution in [-0.2, 0) is 4.79 Å². The molecule has 6 rings (SSSR count). The Labute approximate surface area is 218 Å². The third-order valence-electron chi connectivity index (χ3n) is 6.82. The summed E-state index contributed by atoms with van der Waals surface area (Å²) in [5.74, 6) is 0.866. The maximum absolute atomic E-state index is 12.7. The van der Waals surface area contributed by atoms with Gasteiger partial charge >= 0.3 is 0 Å². The zero-order valence-electron chi connectivity index (χ0n) is 20.1. The van der Waals surface area contributed by atoms with Crippen LogP contribution in [0.1, 0.15) is 16.1 Å². The van der Waals surface area contributed by atoms with Crippen molar-refractivity contribution < 1.29 is 14.4 Å². The second-order valence-corrected chi connectivity index (χ2v) is 10.6. The van der Waals surface area contributed by atoms with Crippen molar-refractivity contribution in [3.05, 3.63) is 82.9 Å². The van der Waals surface area contributed by atoms with Gasteiger partial charge in [-0.1, -0.05) is 36.4 Å². The summed E-state index contributed by atoms with van der Waals surface area (Å²) in [7, 11) is 1.93. The fourth-order valence-electron chi connectivity index (χ4n) is 4.94. The summed E-state index contributed by atoms with van der Waals surface area (Å²) in [6.45, 7) is 2.90. The Morgan fingerprint density at radius 3 is 2.32 bits per heavy atom. The number of aromatic nitrogens is 2. The van der Waals surface area contributed by atoms with E-state index in [1.807, 2.05) is 77.5 Å². The molecule has 186 valence electrons. The van der Waals surface area contributed by atoms with Crippen molar-refractivity contribution in [3.63, 3.8) is 0 Å². The molecular weight excluding hydrogens is 488 g/mol. The van der Waals surface area contributed by atoms with Gasteiger partial charge in [0.15, 0.2) is 0 Å². The minimum absolute atomic E-state index is 0.0430. The van der Waals surface area contributed by atoms with Crippen LogP contribution >= 0.6 is 11.8 Å². The van der Waals surface area contributed by atoms with Crippen LogP contribution < -0.4 is 15.1 Å². The first-order valence-corrected chi connectivity index (χ1v) is 12.7. The number of carbonyl (C=O) groups excluding carboxylic acids is 3. The molecule has 3 saturated heterocycles. The van der Waals surface area contributed by atoms with E-state index >= 15 is 0 Å². The molecule has 3 aliphatic heterocycles. The molecule has 0 unspecified atom stereocenters. The number of imide groups is 1. The maximum atomic E-state index is 12.7. The molecule has 3 aliphatic rings. The predicted molar refractivity (Wildman–Crippen MR) is 143 cm³/mol. The molecule has 3 aromatic rings. The summed E-state index contributed by atoms with van der Waals surface area (Å²) >= 11 is 0.863. The van der Waals surface area contributed by atoms with Crippen molar-refractivity contribution in [2.45, 2.75) is 0 Å². The number of amides is 3. The fourth-order valence-corrected chi connectivity index (χ4v) is 5.61. The molecule has 37 heavy (non-hydrogen) atoms. The van der Waals surface area contributed by atoms with E-state index < -0.39 is 11.1 Å². The third kappa shape index (κ3) is 4.44. The highest BCUT2D eigenvalue weighted by Gasteiger charge is 2.54. The number of thioether (sulfide) groups is 1. The van der Waals surface area contributed by atoms with Gasteiger partial charge in [0.2, 0.25) is 5.95 Å². The van der Waals surface area contributed by atoms with Gasteiger partial charge in [0, 0.05) is 56.0 Å². The van der Waals surface area contributed by atoms with Crippen LogP contribution in [0.4, 0.5) is 22.2 Å². The summed E-state index contributed by atoms with van der Waals surface area (Å²) in [5.41, 5.74) is 2.26. The Morgan fingerprint density at radius 1 is 1.00 bits per heavy atom. The number of nitrogens with zero attached hydrogens (tertiary/aromatic N) is 5. The Morgan fingerprint density at radius 2 is 1.68 bits per heavy atom. The molecule has 0 aliphatic carbocycles. The molecule has 3 fully saturated rings. The van der Waals surface area contributed by atoms with Crippen LogP contribution in [0.3, 0.4) is 0 Å². The predicted octanol–water partition coefficient (Wildman–Crippen LogP) is 3.53. The van der Waals surface area contributed by atoms with Gasteiger partial charge in [0.1, 0.15) is 5.82 Å². The first-order valence-electron chi connectivity index (χ1n) is 11.9. The lowest BCUT2D eigenvalue weighted by molar-refractivity contribution is -0.115. The molecule has 10 heteroatoms. The molecule has 1 N–H and O–H groups in total. The third-order valence-corrected chi connectivity index (χ3v) is 7.64. The topological polar surface area (TPSA) is 98.7 Å². The Bertz CT molecular complexity index is 1410. The molecule has 0 bridgehead atoms. The first-order chi connectivity index (χ1) is 17.9. The Kier molecular flexibility index (Phi) is 5.68. The van der Waals surface area contributed by atoms with Gasteiger partial charge < -0.3 is 14.7 Å². The number of para-hydroxylation sites is 1. The average molecular weight is 513 g/mol. The highest BCUT2D eigenvalue weighted by atomic mass is 32.2. The summed E-state index contributed by atoms with van der Waals surface area (Å²) in [5, 5.41) is 1.89. The van der Waals surface area contributed by atoms with E-state index in [2.05, 4.69) is 10.2 Å². The average Bonchev–Trinajstić information content (AvgIpc) is 3.18. The summed E-state index contributed by atoms with van der Waals surface area (Å²) in [6.07, 6.45) is 1.62. The van der Waals surface area contributed by atoms with Crippen molar-refractivity contribution in [1.29, 1.82) is 0 Å². The minimum Gasteiger partial charge on any atom is -0.339 e. The van der Waals surface area contributed by atoms with Crippen LogP contribution in [-0.4, -0.2) is 65.1 Å². The number of nitrogens with one attached hydrogen (secondary N) is 1. The van der Waals surface area contributed by atoms with Crippen LogP contribution in [0.5, 0.6) is 0 Å². The lowest BCUT2D eigenvalue weighted by Gasteiger charge is -2.60. The van der Waals surface area contributed by atoms with Crippen LogP contribution in [0.25, 0.3) is 6.08 Å². The molecule has 4 heterocycles. The van der Waals surface area contributed by atoms with Gasteiger partial charge in [-0.05, 0) is 42.1 Å². The number of benzene rings is 2. The SMILES string of the molecule is CN(c1ccccc1)c1cc(C=C2SC(=O)NC2=O)nc(N2CC3(CN(C(=O)c4ccccc4)C3)C2)n1. The summed E-state index contributed by atoms with van der Waals surface area (Å²) < 4.78 is 0. The number of hydrogen-bond donors (Lipinski definition) is 1. The number of hydrogen-bond acceptors (Lipinski definition) is 8. The Hall–Kier alpha value is -4.18. The molecular formula is C27H24N6O3S. The van der Waals surface area contributed by atoms with E-state index in [-0.39, 0.29) is 11.3 Å². The van der Waals surface area contributed by atoms with Crippen LogP contribution in [0.15, 0.2) is 71.6 Å². The van der Waals surface area contributed by atoms with E-state index in [1.165, 1.54) is 0 Å². The number of carbonyl (C=O) groups is 3. The zero-order valence-corrected chi connectivity index (χ0v) is 20.9. The second-order valence-electron chi connectivity index (χ2n) is 9.58. The van der Waals surface area contributed by atoms with Crippen molar-refractivity contribution in [3.8, 4) is 0 Å². The van der Waals surface area contributed by atoms with Gasteiger partial charge in [0.05, 0.1) is 10.6 Å². The van der Waals surface area contributed by atoms with E-state index in [1.54, 1.807) is 12.1 Å². The molecule has 0 saturated carbocycles. The standard InChI is InChI=1S/C27H24N6O3S/c1-31(20-10-6-3-7-11-20)22-13-19(12-21-23(34)30-26(36)37-21)28-25(29-22)33-16-27(17-33)14-32(15-27)24(35)18-8-4-2-5-9-18/h2-13H,14-17H2,1H3,(H,30,34,36). The highest BCUT2D eigenvalue weighted by Crippen LogP contribution is 2.42. The largest absolute Gasteiger partial charge is 0.339 e. The van der Waals surface area contributed by atoms with Gasteiger partial charge in [-0.2, -0.15) is 4.98 Å². The van der Waals surface area contributed by atoms with E-state index in [0.717, 1.165) is 30.5 Å². The van der Waals surface area contributed by atoms with Gasteiger partial charge in [-0.3, -0.25) is 19.7 Å². The first kappa shape index (κ1) is 23.2. The van der Waals surface area contributed by atoms with E-state index in [4.69, 9.17) is 9.97 Å². The fraction of sp³-hybridized carbons (Fsp3) is 0.222. The smallest absolute Gasteiger partial charge is 0.290 e. The number of anilines is 3. The number of rotatable bonds is 5. The molecule has 2 aromatic carbocycles. The second kappa shape index (κ2) is 9.04. The number of likely N-dealkylation sites (tertiary alicyclic amines) is 1. The minimum atomic E-state index is -0.423. The maximum Gasteiger partial charge on any atom is 0.290 e. The Balaban J connectivity index is 1.22. The molecule has 0 atom stereocenters. The van der Waals surface area contributed by atoms with Crippen LogP contribution in [0, 0.1) is 5.41 Å². The molecule has 3 amide bonds. The van der Waals surface area contributed by atoms with Gasteiger partial charge in [0.25, 0.3) is 17.1 Å². The van der Waals surface area contributed by atoms with Crippen molar-refractivity contribution in [1.82, 2.24) is 20.2 Å². The van der Waals surface area contributed by atoms with Crippen LogP contribution in [0.2, 0.25) is 0 Å². The monoisotopic (exact) mass is 512 g/mol. The van der Waals surface area contributed by atoms with E-state index in [0.29, 0.717) is 41.0 Å².